The summed E-state index contributed by atoms with van der Waals surface area (Å²) >= 11 is 0. The van der Waals surface area contributed by atoms with Gasteiger partial charge >= 0.3 is 6.18 Å². The van der Waals surface area contributed by atoms with E-state index in [4.69, 9.17) is 9.84 Å². The van der Waals surface area contributed by atoms with Crippen LogP contribution in [0, 0.1) is 0 Å². The number of rotatable bonds is 4. The van der Waals surface area contributed by atoms with E-state index in [1.807, 2.05) is 0 Å². The van der Waals surface area contributed by atoms with Crippen molar-refractivity contribution < 1.29 is 23.0 Å². The number of hydrogen-bond acceptors (Lipinski definition) is 5. The van der Waals surface area contributed by atoms with Crippen molar-refractivity contribution in [1.29, 1.82) is 0 Å². The second-order valence-electron chi connectivity index (χ2n) is 4.45. The second-order valence-corrected chi connectivity index (χ2v) is 4.45. The Kier molecular flexibility index (Phi) is 4.37. The number of aliphatic hydroxyl groups is 1. The van der Waals surface area contributed by atoms with Crippen molar-refractivity contribution >= 4 is 11.6 Å². The van der Waals surface area contributed by atoms with Crippen LogP contribution in [0.5, 0.6) is 0 Å². The third-order valence-electron chi connectivity index (χ3n) is 2.65. The zero-order valence-corrected chi connectivity index (χ0v) is 11.1. The molecule has 0 aromatic heterocycles. The van der Waals surface area contributed by atoms with Crippen LogP contribution in [-0.4, -0.2) is 23.7 Å². The van der Waals surface area contributed by atoms with Gasteiger partial charge in [-0.25, -0.2) is 0 Å². The summed E-state index contributed by atoms with van der Waals surface area (Å²) in [5.41, 5.74) is 1.74. The highest BCUT2D eigenvalue weighted by Gasteiger charge is 2.34. The molecule has 1 aliphatic heterocycles. The Morgan fingerprint density at radius 1 is 1.43 bits per heavy atom. The normalized spacial score (nSPS) is 15.8. The predicted octanol–water partition coefficient (Wildman–Crippen LogP) is 2.25. The van der Waals surface area contributed by atoms with Crippen molar-refractivity contribution in [3.8, 4) is 0 Å². The molecule has 0 bridgehead atoms. The Morgan fingerprint density at radius 2 is 2.19 bits per heavy atom. The number of nitrogens with zero attached hydrogens (tertiary/aromatic N) is 1. The average molecular weight is 301 g/mol. The van der Waals surface area contributed by atoms with Crippen LogP contribution in [0.15, 0.2) is 35.8 Å². The molecule has 0 amide bonds. The number of hydrazone groups is 1. The first kappa shape index (κ1) is 15.2. The Hall–Kier alpha value is -2.22. The Labute approximate surface area is 119 Å². The first-order valence-electron chi connectivity index (χ1n) is 6.16. The Morgan fingerprint density at radius 3 is 2.76 bits per heavy atom. The van der Waals surface area contributed by atoms with E-state index in [-0.39, 0.29) is 23.7 Å². The maximum Gasteiger partial charge on any atom is 0.418 e. The first-order chi connectivity index (χ1) is 9.88. The van der Waals surface area contributed by atoms with E-state index < -0.39 is 17.8 Å². The Balaban J connectivity index is 2.33. The summed E-state index contributed by atoms with van der Waals surface area (Å²) in [5, 5.41) is 15.5. The minimum atomic E-state index is -4.53. The maximum absolute atomic E-state index is 13.1. The zero-order chi connectivity index (χ0) is 15.5. The number of alkyl halides is 3. The maximum atomic E-state index is 13.1. The molecule has 1 aromatic carbocycles. The SMILES string of the molecule is C[C@H](O)CNc1ccc(C2=NNC=CO2)cc1C(F)(F)F. The van der Waals surface area contributed by atoms with E-state index in [1.165, 1.54) is 31.5 Å². The monoisotopic (exact) mass is 301 g/mol. The van der Waals surface area contributed by atoms with Crippen molar-refractivity contribution in [3.63, 3.8) is 0 Å². The molecule has 8 heteroatoms. The summed E-state index contributed by atoms with van der Waals surface area (Å²) in [4.78, 5) is 0. The highest BCUT2D eigenvalue weighted by Crippen LogP contribution is 2.35. The molecule has 2 rings (SSSR count). The van der Waals surface area contributed by atoms with Gasteiger partial charge in [0.25, 0.3) is 0 Å². The molecule has 5 nitrogen and oxygen atoms in total. The fourth-order valence-electron chi connectivity index (χ4n) is 1.71. The number of hydrogen-bond donors (Lipinski definition) is 3. The molecule has 0 aliphatic carbocycles. The molecule has 1 aromatic rings. The van der Waals surface area contributed by atoms with Crippen LogP contribution in [0.25, 0.3) is 0 Å². The van der Waals surface area contributed by atoms with Gasteiger partial charge in [-0.1, -0.05) is 0 Å². The molecule has 0 radical (unpaired) electrons. The van der Waals surface area contributed by atoms with Gasteiger partial charge in [0.2, 0.25) is 5.90 Å². The molecule has 21 heavy (non-hydrogen) atoms. The van der Waals surface area contributed by atoms with E-state index in [0.29, 0.717) is 0 Å². The van der Waals surface area contributed by atoms with Crippen LogP contribution in [0.4, 0.5) is 18.9 Å². The van der Waals surface area contributed by atoms with Crippen LogP contribution in [0.3, 0.4) is 0 Å². The van der Waals surface area contributed by atoms with Gasteiger partial charge in [-0.05, 0) is 25.1 Å². The highest BCUT2D eigenvalue weighted by atomic mass is 19.4. The highest BCUT2D eigenvalue weighted by molar-refractivity contribution is 5.95. The number of nitrogens with one attached hydrogen (secondary N) is 2. The van der Waals surface area contributed by atoms with Gasteiger partial charge in [0.1, 0.15) is 6.26 Å². The largest absolute Gasteiger partial charge is 0.443 e. The fourth-order valence-corrected chi connectivity index (χ4v) is 1.71. The van der Waals surface area contributed by atoms with Crippen molar-refractivity contribution in [1.82, 2.24) is 5.43 Å². The standard InChI is InChI=1S/C13H14F3N3O2/c1-8(20)7-17-11-3-2-9(6-10(11)13(14,15)16)12-19-18-4-5-21-12/h2-6,8,17-18,20H,7H2,1H3/t8-/m0/s1. The lowest BCUT2D eigenvalue weighted by molar-refractivity contribution is -0.137. The molecule has 0 unspecified atom stereocenters. The van der Waals surface area contributed by atoms with Gasteiger partial charge in [-0.15, -0.1) is 5.10 Å². The van der Waals surface area contributed by atoms with Crippen molar-refractivity contribution in [2.24, 2.45) is 5.10 Å². The van der Waals surface area contributed by atoms with Crippen molar-refractivity contribution in [2.45, 2.75) is 19.2 Å². The van der Waals surface area contributed by atoms with Crippen LogP contribution in [0.1, 0.15) is 18.1 Å². The van der Waals surface area contributed by atoms with Crippen LogP contribution >= 0.6 is 0 Å². The molecule has 0 saturated heterocycles. The van der Waals surface area contributed by atoms with Crippen LogP contribution in [-0.2, 0) is 10.9 Å². The van der Waals surface area contributed by atoms with E-state index in [1.54, 1.807) is 0 Å². The average Bonchev–Trinajstić information content (AvgIpc) is 2.45. The van der Waals surface area contributed by atoms with Gasteiger partial charge in [-0.3, -0.25) is 5.43 Å². The van der Waals surface area contributed by atoms with Gasteiger partial charge in [0.15, 0.2) is 0 Å². The third-order valence-corrected chi connectivity index (χ3v) is 2.65. The molecule has 0 saturated carbocycles. The molecular formula is C13H14F3N3O2. The Bertz CT molecular complexity index is 568. The topological polar surface area (TPSA) is 65.9 Å². The van der Waals surface area contributed by atoms with Crippen molar-refractivity contribution in [3.05, 3.63) is 41.8 Å². The summed E-state index contributed by atoms with van der Waals surface area (Å²) < 4.78 is 44.4. The van der Waals surface area contributed by atoms with Gasteiger partial charge in [0.05, 0.1) is 17.9 Å². The molecule has 0 fully saturated rings. The summed E-state index contributed by atoms with van der Waals surface area (Å²) in [7, 11) is 0. The van der Waals surface area contributed by atoms with E-state index in [0.717, 1.165) is 6.07 Å². The molecule has 114 valence electrons. The predicted molar refractivity (Wildman–Crippen MR) is 71.5 cm³/mol. The van der Waals surface area contributed by atoms with E-state index in [9.17, 15) is 13.2 Å². The van der Waals surface area contributed by atoms with E-state index >= 15 is 0 Å². The zero-order valence-electron chi connectivity index (χ0n) is 11.1. The lowest BCUT2D eigenvalue weighted by Gasteiger charge is -2.17. The summed E-state index contributed by atoms with van der Waals surface area (Å²) in [6, 6.07) is 3.69. The van der Waals surface area contributed by atoms with Gasteiger partial charge in [0, 0.05) is 17.8 Å². The lowest BCUT2D eigenvalue weighted by Crippen LogP contribution is -2.19. The van der Waals surface area contributed by atoms with Gasteiger partial charge in [-0.2, -0.15) is 13.2 Å². The summed E-state index contributed by atoms with van der Waals surface area (Å²) in [6.07, 6.45) is -2.59. The fraction of sp³-hybridized carbons (Fsp3) is 0.308. The summed E-state index contributed by atoms with van der Waals surface area (Å²) in [5.74, 6) is 0.0464. The molecule has 1 heterocycles. The number of halogens is 3. The summed E-state index contributed by atoms with van der Waals surface area (Å²) in [6.45, 7) is 1.50. The van der Waals surface area contributed by atoms with Crippen LogP contribution < -0.4 is 10.7 Å². The molecule has 1 atom stereocenters. The molecule has 1 aliphatic rings. The molecule has 3 N–H and O–H groups in total. The number of anilines is 1. The number of ether oxygens (including phenoxy) is 1. The number of benzene rings is 1. The van der Waals surface area contributed by atoms with Crippen molar-refractivity contribution in [2.75, 3.05) is 11.9 Å². The van der Waals surface area contributed by atoms with Crippen LogP contribution in [0.2, 0.25) is 0 Å². The second kappa shape index (κ2) is 6.04. The quantitative estimate of drug-likeness (QED) is 0.798. The van der Waals surface area contributed by atoms with E-state index in [2.05, 4.69) is 15.8 Å². The first-order valence-corrected chi connectivity index (χ1v) is 6.16. The van der Waals surface area contributed by atoms with Gasteiger partial charge < -0.3 is 15.2 Å². The third kappa shape index (κ3) is 3.88. The minimum Gasteiger partial charge on any atom is -0.443 e. The molecular weight excluding hydrogens is 287 g/mol. The lowest BCUT2D eigenvalue weighted by atomic mass is 10.1. The minimum absolute atomic E-state index is 0.0180. The smallest absolute Gasteiger partial charge is 0.418 e. The number of aliphatic hydroxyl groups excluding tert-OH is 1. The molecule has 0 spiro atoms.